The van der Waals surface area contributed by atoms with Crippen LogP contribution < -0.4 is 5.32 Å². The fourth-order valence-corrected chi connectivity index (χ4v) is 2.99. The molecular formula is C11H19NO2. The van der Waals surface area contributed by atoms with Crippen molar-refractivity contribution in [3.8, 4) is 0 Å². The largest absolute Gasteiger partial charge is 0.469 e. The van der Waals surface area contributed by atoms with Crippen molar-refractivity contribution in [1.29, 1.82) is 0 Å². The molecule has 1 spiro atoms. The molecule has 1 heterocycles. The summed E-state index contributed by atoms with van der Waals surface area (Å²) in [5.41, 5.74) is 0.275. The van der Waals surface area contributed by atoms with Crippen LogP contribution in [0, 0.1) is 5.92 Å². The molecule has 0 bridgehead atoms. The Labute approximate surface area is 85.2 Å². The Bertz CT molecular complexity index is 221. The molecule has 1 saturated heterocycles. The van der Waals surface area contributed by atoms with Crippen LogP contribution in [0.25, 0.3) is 0 Å². The number of hydrogen-bond acceptors (Lipinski definition) is 3. The molecule has 1 aliphatic carbocycles. The van der Waals surface area contributed by atoms with Gasteiger partial charge in [-0.15, -0.1) is 0 Å². The summed E-state index contributed by atoms with van der Waals surface area (Å²) < 4.78 is 4.83. The summed E-state index contributed by atoms with van der Waals surface area (Å²) in [5, 5.41) is 3.57. The second-order valence-corrected chi connectivity index (χ2v) is 4.63. The number of carbonyl (C=O) groups is 1. The van der Waals surface area contributed by atoms with Crippen LogP contribution in [0.1, 0.15) is 38.5 Å². The van der Waals surface area contributed by atoms with Crippen LogP contribution in [0.5, 0.6) is 0 Å². The number of hydrogen-bond donors (Lipinski definition) is 1. The Morgan fingerprint density at radius 3 is 2.86 bits per heavy atom. The van der Waals surface area contributed by atoms with E-state index in [1.54, 1.807) is 0 Å². The van der Waals surface area contributed by atoms with Crippen molar-refractivity contribution >= 4 is 5.97 Å². The highest BCUT2D eigenvalue weighted by Crippen LogP contribution is 2.38. The van der Waals surface area contributed by atoms with Gasteiger partial charge in [0, 0.05) is 5.54 Å². The van der Waals surface area contributed by atoms with E-state index in [9.17, 15) is 4.79 Å². The lowest BCUT2D eigenvalue weighted by molar-refractivity contribution is -0.147. The van der Waals surface area contributed by atoms with E-state index < -0.39 is 0 Å². The van der Waals surface area contributed by atoms with E-state index >= 15 is 0 Å². The predicted molar refractivity (Wildman–Crippen MR) is 53.9 cm³/mol. The lowest BCUT2D eigenvalue weighted by atomic mass is 9.75. The average Bonchev–Trinajstić information content (AvgIpc) is 2.65. The van der Waals surface area contributed by atoms with Gasteiger partial charge in [0.25, 0.3) is 0 Å². The highest BCUT2D eigenvalue weighted by Gasteiger charge is 2.40. The van der Waals surface area contributed by atoms with E-state index in [-0.39, 0.29) is 17.4 Å². The molecule has 0 aromatic carbocycles. The summed E-state index contributed by atoms with van der Waals surface area (Å²) >= 11 is 0. The standard InChI is InChI=1S/C11H19NO2/c1-14-10(13)9-4-2-5-11(8-9)6-3-7-12-11/h9,12H,2-8H2,1H3. The Hall–Kier alpha value is -0.570. The van der Waals surface area contributed by atoms with E-state index in [4.69, 9.17) is 4.74 Å². The molecule has 1 N–H and O–H groups in total. The first-order chi connectivity index (χ1) is 6.76. The summed E-state index contributed by atoms with van der Waals surface area (Å²) in [7, 11) is 1.49. The summed E-state index contributed by atoms with van der Waals surface area (Å²) in [5.74, 6) is 0.122. The average molecular weight is 197 g/mol. The summed E-state index contributed by atoms with van der Waals surface area (Å²) in [4.78, 5) is 11.5. The zero-order valence-corrected chi connectivity index (χ0v) is 8.84. The quantitative estimate of drug-likeness (QED) is 0.647. The van der Waals surface area contributed by atoms with Gasteiger partial charge in [-0.05, 0) is 38.6 Å². The van der Waals surface area contributed by atoms with E-state index in [0.29, 0.717) is 0 Å². The molecule has 1 saturated carbocycles. The van der Waals surface area contributed by atoms with Crippen molar-refractivity contribution in [3.63, 3.8) is 0 Å². The molecule has 2 rings (SSSR count). The molecule has 2 atom stereocenters. The van der Waals surface area contributed by atoms with Crippen molar-refractivity contribution in [2.24, 2.45) is 5.92 Å². The van der Waals surface area contributed by atoms with Crippen LogP contribution in [0.2, 0.25) is 0 Å². The molecule has 0 aromatic rings. The minimum absolute atomic E-state index is 0.0159. The van der Waals surface area contributed by atoms with Crippen molar-refractivity contribution in [2.45, 2.75) is 44.1 Å². The SMILES string of the molecule is COC(=O)C1CCCC2(CCCN2)C1. The van der Waals surface area contributed by atoms with Crippen LogP contribution in [-0.4, -0.2) is 25.2 Å². The zero-order valence-electron chi connectivity index (χ0n) is 8.84. The summed E-state index contributed by atoms with van der Waals surface area (Å²) in [6, 6.07) is 0. The number of nitrogens with one attached hydrogen (secondary N) is 1. The first-order valence-electron chi connectivity index (χ1n) is 5.59. The smallest absolute Gasteiger partial charge is 0.308 e. The third-order valence-electron chi connectivity index (χ3n) is 3.71. The van der Waals surface area contributed by atoms with Crippen LogP contribution in [0.4, 0.5) is 0 Å². The molecule has 80 valence electrons. The van der Waals surface area contributed by atoms with Crippen molar-refractivity contribution in [1.82, 2.24) is 5.32 Å². The molecule has 0 aromatic heterocycles. The maximum absolute atomic E-state index is 11.5. The Morgan fingerprint density at radius 1 is 1.43 bits per heavy atom. The molecule has 2 aliphatic rings. The van der Waals surface area contributed by atoms with E-state index in [1.807, 2.05) is 0 Å². The maximum atomic E-state index is 11.5. The number of methoxy groups -OCH3 is 1. The van der Waals surface area contributed by atoms with Gasteiger partial charge in [0.2, 0.25) is 0 Å². The van der Waals surface area contributed by atoms with Gasteiger partial charge in [0.1, 0.15) is 0 Å². The Kier molecular flexibility index (Phi) is 2.77. The monoisotopic (exact) mass is 197 g/mol. The number of carbonyl (C=O) groups excluding carboxylic acids is 1. The predicted octanol–water partition coefficient (Wildman–Crippen LogP) is 1.47. The molecule has 2 fully saturated rings. The number of rotatable bonds is 1. The first-order valence-corrected chi connectivity index (χ1v) is 5.59. The van der Waals surface area contributed by atoms with Crippen molar-refractivity contribution in [3.05, 3.63) is 0 Å². The minimum atomic E-state index is -0.0159. The number of esters is 1. The van der Waals surface area contributed by atoms with E-state index in [0.717, 1.165) is 25.8 Å². The second-order valence-electron chi connectivity index (χ2n) is 4.63. The Morgan fingerprint density at radius 2 is 2.21 bits per heavy atom. The van der Waals surface area contributed by atoms with E-state index in [2.05, 4.69) is 5.32 Å². The van der Waals surface area contributed by atoms with E-state index in [1.165, 1.54) is 26.4 Å². The lowest BCUT2D eigenvalue weighted by Crippen LogP contribution is -2.45. The van der Waals surface area contributed by atoms with Gasteiger partial charge in [-0.2, -0.15) is 0 Å². The first kappa shape index (κ1) is 9.97. The third-order valence-corrected chi connectivity index (χ3v) is 3.71. The van der Waals surface area contributed by atoms with Crippen LogP contribution >= 0.6 is 0 Å². The molecule has 3 nitrogen and oxygen atoms in total. The third kappa shape index (κ3) is 1.78. The molecule has 2 unspecified atom stereocenters. The number of ether oxygens (including phenoxy) is 1. The van der Waals surface area contributed by atoms with Gasteiger partial charge in [0.15, 0.2) is 0 Å². The molecule has 0 amide bonds. The fourth-order valence-electron chi connectivity index (χ4n) is 2.99. The van der Waals surface area contributed by atoms with Crippen molar-refractivity contribution < 1.29 is 9.53 Å². The molecule has 1 aliphatic heterocycles. The molecule has 0 radical (unpaired) electrons. The highest BCUT2D eigenvalue weighted by atomic mass is 16.5. The zero-order chi connectivity index (χ0) is 10.0. The van der Waals surface area contributed by atoms with Crippen LogP contribution in [-0.2, 0) is 9.53 Å². The normalized spacial score (nSPS) is 37.4. The van der Waals surface area contributed by atoms with Crippen LogP contribution in [0.3, 0.4) is 0 Å². The summed E-state index contributed by atoms with van der Waals surface area (Å²) in [6.45, 7) is 1.12. The topological polar surface area (TPSA) is 38.3 Å². The maximum Gasteiger partial charge on any atom is 0.308 e. The van der Waals surface area contributed by atoms with Gasteiger partial charge in [-0.25, -0.2) is 0 Å². The van der Waals surface area contributed by atoms with Gasteiger partial charge < -0.3 is 10.1 Å². The Balaban J connectivity index is 1.99. The molecule has 14 heavy (non-hydrogen) atoms. The van der Waals surface area contributed by atoms with Gasteiger partial charge >= 0.3 is 5.97 Å². The van der Waals surface area contributed by atoms with Gasteiger partial charge in [0.05, 0.1) is 13.0 Å². The van der Waals surface area contributed by atoms with Gasteiger partial charge in [-0.3, -0.25) is 4.79 Å². The van der Waals surface area contributed by atoms with Crippen molar-refractivity contribution in [2.75, 3.05) is 13.7 Å². The van der Waals surface area contributed by atoms with Crippen LogP contribution in [0.15, 0.2) is 0 Å². The molecule has 3 heteroatoms. The lowest BCUT2D eigenvalue weighted by Gasteiger charge is -2.37. The second kappa shape index (κ2) is 3.89. The fraction of sp³-hybridized carbons (Fsp3) is 0.909. The summed E-state index contributed by atoms with van der Waals surface area (Å²) in [6.07, 6.45) is 6.89. The molecular weight excluding hydrogens is 178 g/mol. The minimum Gasteiger partial charge on any atom is -0.469 e. The highest BCUT2D eigenvalue weighted by molar-refractivity contribution is 5.72. The van der Waals surface area contributed by atoms with Gasteiger partial charge in [-0.1, -0.05) is 6.42 Å².